The zero-order chi connectivity index (χ0) is 31.9. The Morgan fingerprint density at radius 2 is 1.50 bits per heavy atom. The van der Waals surface area contributed by atoms with Gasteiger partial charge in [0.25, 0.3) is 10.0 Å². The monoisotopic (exact) mass is 657 g/mol. The van der Waals surface area contributed by atoms with Crippen molar-refractivity contribution < 1.29 is 18.0 Å². The Morgan fingerprint density at radius 3 is 2.07 bits per heavy atom. The quantitative estimate of drug-likeness (QED) is 0.218. The number of sulfonamides is 1. The Labute approximate surface area is 271 Å². The molecule has 4 rings (SSSR count). The zero-order valence-electron chi connectivity index (χ0n) is 25.5. The molecule has 0 aliphatic heterocycles. The van der Waals surface area contributed by atoms with Crippen LogP contribution in [0.15, 0.2) is 77.7 Å². The third-order valence-electron chi connectivity index (χ3n) is 8.19. The first-order valence-corrected chi connectivity index (χ1v) is 17.4. The fourth-order valence-electron chi connectivity index (χ4n) is 5.59. The van der Waals surface area contributed by atoms with Gasteiger partial charge in [-0.2, -0.15) is 0 Å². The molecule has 3 aromatic carbocycles. The molecule has 0 saturated heterocycles. The van der Waals surface area contributed by atoms with Crippen molar-refractivity contribution >= 4 is 50.7 Å². The molecule has 0 bridgehead atoms. The second kappa shape index (κ2) is 15.3. The van der Waals surface area contributed by atoms with Gasteiger partial charge in [-0.1, -0.05) is 99.6 Å². The number of anilines is 1. The molecule has 236 valence electrons. The van der Waals surface area contributed by atoms with Crippen LogP contribution in [0.2, 0.25) is 10.0 Å². The Kier molecular flexibility index (Phi) is 11.7. The van der Waals surface area contributed by atoms with Gasteiger partial charge in [0.2, 0.25) is 11.8 Å². The van der Waals surface area contributed by atoms with Crippen molar-refractivity contribution in [3.8, 4) is 0 Å². The molecule has 1 saturated carbocycles. The number of rotatable bonds is 12. The Morgan fingerprint density at radius 1 is 0.886 bits per heavy atom. The molecule has 0 aromatic heterocycles. The van der Waals surface area contributed by atoms with Crippen molar-refractivity contribution in [2.24, 2.45) is 0 Å². The number of carbonyl (C=O) groups is 2. The summed E-state index contributed by atoms with van der Waals surface area (Å²) in [5.41, 5.74) is 1.88. The van der Waals surface area contributed by atoms with Crippen LogP contribution in [0.5, 0.6) is 0 Å². The van der Waals surface area contributed by atoms with Gasteiger partial charge in [-0.05, 0) is 67.1 Å². The zero-order valence-corrected chi connectivity index (χ0v) is 27.8. The first kappa shape index (κ1) is 33.8. The molecular weight excluding hydrogens is 617 g/mol. The fourth-order valence-corrected chi connectivity index (χ4v) is 7.54. The first-order valence-electron chi connectivity index (χ1n) is 15.2. The lowest BCUT2D eigenvalue weighted by Crippen LogP contribution is -2.54. The molecule has 0 radical (unpaired) electrons. The van der Waals surface area contributed by atoms with Crippen molar-refractivity contribution in [2.75, 3.05) is 10.8 Å². The van der Waals surface area contributed by atoms with Gasteiger partial charge < -0.3 is 10.2 Å². The lowest BCUT2D eigenvalue weighted by atomic mass is 9.95. The summed E-state index contributed by atoms with van der Waals surface area (Å²) in [4.78, 5) is 29.6. The molecule has 0 unspecified atom stereocenters. The van der Waals surface area contributed by atoms with E-state index in [1.54, 1.807) is 48.5 Å². The van der Waals surface area contributed by atoms with E-state index >= 15 is 0 Å². The van der Waals surface area contributed by atoms with Crippen LogP contribution < -0.4 is 9.62 Å². The minimum atomic E-state index is -4.15. The van der Waals surface area contributed by atoms with Crippen molar-refractivity contribution in [1.82, 2.24) is 10.2 Å². The van der Waals surface area contributed by atoms with Crippen molar-refractivity contribution in [3.63, 3.8) is 0 Å². The van der Waals surface area contributed by atoms with Crippen LogP contribution in [0.1, 0.15) is 76.3 Å². The minimum Gasteiger partial charge on any atom is -0.352 e. The largest absolute Gasteiger partial charge is 0.352 e. The van der Waals surface area contributed by atoms with E-state index in [1.165, 1.54) is 17.0 Å². The van der Waals surface area contributed by atoms with E-state index < -0.39 is 28.5 Å². The maximum absolute atomic E-state index is 14.4. The number of halogens is 2. The molecule has 0 spiro atoms. The van der Waals surface area contributed by atoms with Gasteiger partial charge in [-0.25, -0.2) is 8.42 Å². The van der Waals surface area contributed by atoms with E-state index in [9.17, 15) is 18.0 Å². The summed E-state index contributed by atoms with van der Waals surface area (Å²) >= 11 is 13.1. The van der Waals surface area contributed by atoms with Crippen LogP contribution in [0.3, 0.4) is 0 Å². The average molecular weight is 659 g/mol. The van der Waals surface area contributed by atoms with Gasteiger partial charge in [0, 0.05) is 28.2 Å². The predicted molar refractivity (Wildman–Crippen MR) is 178 cm³/mol. The molecule has 1 aliphatic carbocycles. The van der Waals surface area contributed by atoms with Crippen LogP contribution in [0, 0.1) is 0 Å². The highest BCUT2D eigenvalue weighted by Gasteiger charge is 2.35. The third kappa shape index (κ3) is 8.14. The Hall–Kier alpha value is -3.07. The molecule has 2 amide bonds. The number of hydrogen-bond donors (Lipinski definition) is 1. The summed E-state index contributed by atoms with van der Waals surface area (Å²) in [5, 5.41) is 3.86. The number of nitrogens with one attached hydrogen (secondary N) is 1. The summed E-state index contributed by atoms with van der Waals surface area (Å²) in [6, 6.07) is 19.4. The highest BCUT2D eigenvalue weighted by atomic mass is 35.5. The topological polar surface area (TPSA) is 86.8 Å². The molecule has 3 aromatic rings. The van der Waals surface area contributed by atoms with Crippen LogP contribution in [-0.4, -0.2) is 43.8 Å². The van der Waals surface area contributed by atoms with Gasteiger partial charge in [0.15, 0.2) is 0 Å². The second-order valence-electron chi connectivity index (χ2n) is 11.6. The predicted octanol–water partition coefficient (Wildman–Crippen LogP) is 7.57. The van der Waals surface area contributed by atoms with Crippen LogP contribution >= 0.6 is 23.2 Å². The number of carbonyl (C=O) groups excluding carboxylic acids is 2. The summed E-state index contributed by atoms with van der Waals surface area (Å²) < 4.78 is 29.2. The molecule has 7 nitrogen and oxygen atoms in total. The Bertz CT molecular complexity index is 1510. The van der Waals surface area contributed by atoms with Gasteiger partial charge in [0.05, 0.1) is 10.6 Å². The number of amides is 2. The van der Waals surface area contributed by atoms with E-state index in [-0.39, 0.29) is 29.3 Å². The summed E-state index contributed by atoms with van der Waals surface area (Å²) in [6.07, 6.45) is 5.33. The van der Waals surface area contributed by atoms with Crippen molar-refractivity contribution in [1.29, 1.82) is 0 Å². The van der Waals surface area contributed by atoms with Gasteiger partial charge in [0.1, 0.15) is 12.6 Å². The average Bonchev–Trinajstić information content (AvgIpc) is 3.02. The van der Waals surface area contributed by atoms with E-state index in [0.717, 1.165) is 42.0 Å². The van der Waals surface area contributed by atoms with Crippen LogP contribution in [0.4, 0.5) is 5.69 Å². The van der Waals surface area contributed by atoms with Crippen molar-refractivity contribution in [3.05, 3.63) is 94.0 Å². The summed E-state index contributed by atoms with van der Waals surface area (Å²) in [7, 11) is -4.15. The van der Waals surface area contributed by atoms with Gasteiger partial charge in [-0.15, -0.1) is 0 Å². The SMILES string of the molecule is CC[C@@H](C(=O)NC1CCCCC1)N(Cc1c(Cl)cccc1Cl)C(=O)CN(c1ccc(C(C)C)cc1)S(=O)(=O)c1ccccc1. The van der Waals surface area contributed by atoms with Crippen molar-refractivity contribution in [2.45, 2.75) is 88.7 Å². The van der Waals surface area contributed by atoms with Crippen LogP contribution in [0.25, 0.3) is 0 Å². The Balaban J connectivity index is 1.74. The highest BCUT2D eigenvalue weighted by molar-refractivity contribution is 7.92. The molecule has 1 fully saturated rings. The van der Waals surface area contributed by atoms with E-state index in [1.807, 2.05) is 19.1 Å². The number of benzene rings is 3. The van der Waals surface area contributed by atoms with Crippen LogP contribution in [-0.2, 0) is 26.2 Å². The minimum absolute atomic E-state index is 0.0422. The molecule has 44 heavy (non-hydrogen) atoms. The molecule has 1 N–H and O–H groups in total. The molecular formula is C34H41Cl2N3O4S. The normalized spacial score (nSPS) is 14.7. The van der Waals surface area contributed by atoms with E-state index in [0.29, 0.717) is 27.7 Å². The number of hydrogen-bond acceptors (Lipinski definition) is 4. The standard InChI is InChI=1S/C34H41Cl2N3O4S/c1-4-32(34(41)37-26-12-7-5-8-13-26)38(22-29-30(35)16-11-17-31(29)36)33(40)23-39(27-20-18-25(19-21-27)24(2)3)44(42,43)28-14-9-6-10-15-28/h6,9-11,14-21,24,26,32H,4-5,7-8,12-13,22-23H2,1-3H3,(H,37,41)/t32-/m0/s1. The maximum Gasteiger partial charge on any atom is 0.264 e. The fraction of sp³-hybridized carbons (Fsp3) is 0.412. The lowest BCUT2D eigenvalue weighted by Gasteiger charge is -2.35. The molecule has 10 heteroatoms. The first-order chi connectivity index (χ1) is 21.0. The van der Waals surface area contributed by atoms with E-state index in [4.69, 9.17) is 23.2 Å². The number of nitrogens with zero attached hydrogens (tertiary/aromatic N) is 2. The summed E-state index contributed by atoms with van der Waals surface area (Å²) in [6.45, 7) is 5.37. The molecule has 0 heterocycles. The van der Waals surface area contributed by atoms with Gasteiger partial charge >= 0.3 is 0 Å². The molecule has 1 aliphatic rings. The maximum atomic E-state index is 14.4. The second-order valence-corrected chi connectivity index (χ2v) is 14.2. The van der Waals surface area contributed by atoms with E-state index in [2.05, 4.69) is 19.2 Å². The molecule has 1 atom stereocenters. The smallest absolute Gasteiger partial charge is 0.264 e. The highest BCUT2D eigenvalue weighted by Crippen LogP contribution is 2.30. The third-order valence-corrected chi connectivity index (χ3v) is 10.7. The lowest BCUT2D eigenvalue weighted by molar-refractivity contribution is -0.140. The summed E-state index contributed by atoms with van der Waals surface area (Å²) in [5.74, 6) is -0.567. The van der Waals surface area contributed by atoms with Gasteiger partial charge in [-0.3, -0.25) is 13.9 Å².